The van der Waals surface area contributed by atoms with Gasteiger partial charge in [-0.25, -0.2) is 14.1 Å². The van der Waals surface area contributed by atoms with Crippen molar-refractivity contribution in [1.82, 2.24) is 19.7 Å². The number of nitrogens with one attached hydrogen (secondary N) is 1. The normalized spacial score (nSPS) is 11.7. The van der Waals surface area contributed by atoms with E-state index in [0.717, 1.165) is 16.7 Å². The van der Waals surface area contributed by atoms with Crippen LogP contribution in [0.4, 0.5) is 16.0 Å². The Hall–Kier alpha value is -3.28. The van der Waals surface area contributed by atoms with E-state index in [2.05, 4.69) is 36.1 Å². The van der Waals surface area contributed by atoms with E-state index in [4.69, 9.17) is 5.10 Å². The first-order valence-electron chi connectivity index (χ1n) is 8.75. The fourth-order valence-corrected chi connectivity index (χ4v) is 2.79. The number of para-hydroxylation sites is 2. The quantitative estimate of drug-likeness (QED) is 0.558. The molecule has 0 aliphatic rings. The van der Waals surface area contributed by atoms with Gasteiger partial charge >= 0.3 is 0 Å². The molecule has 0 amide bonds. The Morgan fingerprint density at radius 1 is 0.963 bits per heavy atom. The van der Waals surface area contributed by atoms with Crippen LogP contribution >= 0.6 is 0 Å². The van der Waals surface area contributed by atoms with E-state index in [9.17, 15) is 4.39 Å². The number of halogens is 1. The minimum atomic E-state index is -0.309. The largest absolute Gasteiger partial charge is 0.324 e. The molecule has 2 aromatic carbocycles. The van der Waals surface area contributed by atoms with Crippen molar-refractivity contribution in [1.29, 1.82) is 0 Å². The summed E-state index contributed by atoms with van der Waals surface area (Å²) in [4.78, 5) is 9.04. The molecule has 0 atom stereocenters. The number of benzene rings is 2. The second-order valence-corrected chi connectivity index (χ2v) is 7.43. The smallest absolute Gasteiger partial charge is 0.150 e. The number of nitrogens with zero attached hydrogens (tertiary/aromatic N) is 4. The van der Waals surface area contributed by atoms with Gasteiger partial charge < -0.3 is 5.32 Å². The van der Waals surface area contributed by atoms with Crippen LogP contribution in [0.2, 0.25) is 0 Å². The standard InChI is InChI=1S/C21H20FN5/c1-21(2,3)18-12-20(27(26-18)15-8-6-7-14(22)11-15)25-19-13-23-16-9-4-5-10-17(16)24-19/h4-13H,1-3H3,(H,24,25). The third kappa shape index (κ3) is 3.51. The van der Waals surface area contributed by atoms with Gasteiger partial charge in [-0.05, 0) is 30.3 Å². The van der Waals surface area contributed by atoms with Crippen LogP contribution in [0.3, 0.4) is 0 Å². The predicted molar refractivity (Wildman–Crippen MR) is 105 cm³/mol. The molecule has 0 radical (unpaired) electrons. The summed E-state index contributed by atoms with van der Waals surface area (Å²) in [5.41, 5.74) is 3.02. The van der Waals surface area contributed by atoms with Crippen LogP contribution in [-0.2, 0) is 5.41 Å². The van der Waals surface area contributed by atoms with E-state index in [1.807, 2.05) is 36.4 Å². The van der Waals surface area contributed by atoms with Crippen molar-refractivity contribution in [3.05, 3.63) is 72.3 Å². The number of rotatable bonds is 3. The van der Waals surface area contributed by atoms with Gasteiger partial charge in [0.2, 0.25) is 0 Å². The average Bonchev–Trinajstić information content (AvgIpc) is 3.06. The first-order chi connectivity index (χ1) is 12.9. The van der Waals surface area contributed by atoms with Crippen LogP contribution in [-0.4, -0.2) is 19.7 Å². The maximum absolute atomic E-state index is 13.7. The van der Waals surface area contributed by atoms with Gasteiger partial charge in [0.05, 0.1) is 28.6 Å². The van der Waals surface area contributed by atoms with Gasteiger partial charge in [0.1, 0.15) is 11.6 Å². The SMILES string of the molecule is CC(C)(C)c1cc(Nc2cnc3ccccc3n2)n(-c2cccc(F)c2)n1. The molecule has 6 heteroatoms. The molecule has 0 saturated heterocycles. The minimum Gasteiger partial charge on any atom is -0.324 e. The zero-order valence-electron chi connectivity index (χ0n) is 15.4. The molecular weight excluding hydrogens is 341 g/mol. The summed E-state index contributed by atoms with van der Waals surface area (Å²) in [7, 11) is 0. The summed E-state index contributed by atoms with van der Waals surface area (Å²) < 4.78 is 15.4. The van der Waals surface area contributed by atoms with E-state index in [1.54, 1.807) is 16.9 Å². The molecule has 2 aromatic heterocycles. The Morgan fingerprint density at radius 3 is 2.48 bits per heavy atom. The van der Waals surface area contributed by atoms with Crippen LogP contribution in [0.1, 0.15) is 26.5 Å². The summed E-state index contributed by atoms with van der Waals surface area (Å²) in [6.45, 7) is 6.26. The highest BCUT2D eigenvalue weighted by Gasteiger charge is 2.21. The number of anilines is 2. The first kappa shape index (κ1) is 17.1. The second kappa shape index (κ2) is 6.46. The molecule has 0 unspecified atom stereocenters. The van der Waals surface area contributed by atoms with Crippen LogP contribution in [0.15, 0.2) is 60.8 Å². The van der Waals surface area contributed by atoms with Crippen molar-refractivity contribution in [2.24, 2.45) is 0 Å². The molecule has 4 aromatic rings. The molecule has 0 bridgehead atoms. The van der Waals surface area contributed by atoms with Crippen molar-refractivity contribution < 1.29 is 4.39 Å². The van der Waals surface area contributed by atoms with E-state index in [-0.39, 0.29) is 11.2 Å². The Morgan fingerprint density at radius 2 is 1.74 bits per heavy atom. The molecule has 0 aliphatic heterocycles. The minimum absolute atomic E-state index is 0.149. The molecule has 4 rings (SSSR count). The Bertz CT molecular complexity index is 1110. The molecule has 2 heterocycles. The highest BCUT2D eigenvalue weighted by Crippen LogP contribution is 2.28. The lowest BCUT2D eigenvalue weighted by atomic mass is 9.92. The summed E-state index contributed by atoms with van der Waals surface area (Å²) >= 11 is 0. The third-order valence-corrected chi connectivity index (χ3v) is 4.24. The number of aromatic nitrogens is 4. The van der Waals surface area contributed by atoms with Gasteiger partial charge in [-0.2, -0.15) is 5.10 Å². The fourth-order valence-electron chi connectivity index (χ4n) is 2.79. The maximum atomic E-state index is 13.7. The van der Waals surface area contributed by atoms with Gasteiger partial charge in [0.15, 0.2) is 5.82 Å². The molecule has 1 N–H and O–H groups in total. The lowest BCUT2D eigenvalue weighted by molar-refractivity contribution is 0.560. The van der Waals surface area contributed by atoms with Crippen LogP contribution in [0.5, 0.6) is 0 Å². The summed E-state index contributed by atoms with van der Waals surface area (Å²) in [6.07, 6.45) is 1.68. The third-order valence-electron chi connectivity index (χ3n) is 4.24. The molecular formula is C21H20FN5. The molecule has 0 aliphatic carbocycles. The summed E-state index contributed by atoms with van der Waals surface area (Å²) in [6, 6.07) is 16.0. The summed E-state index contributed by atoms with van der Waals surface area (Å²) in [5.74, 6) is 0.999. The average molecular weight is 361 g/mol. The number of hydrogen-bond acceptors (Lipinski definition) is 4. The Kier molecular flexibility index (Phi) is 4.11. The van der Waals surface area contributed by atoms with Crippen LogP contribution in [0.25, 0.3) is 16.7 Å². The lowest BCUT2D eigenvalue weighted by Crippen LogP contribution is -2.12. The highest BCUT2D eigenvalue weighted by atomic mass is 19.1. The van der Waals surface area contributed by atoms with E-state index in [1.165, 1.54) is 12.1 Å². The van der Waals surface area contributed by atoms with Crippen molar-refractivity contribution in [3.63, 3.8) is 0 Å². The van der Waals surface area contributed by atoms with Crippen LogP contribution in [0, 0.1) is 5.82 Å². The van der Waals surface area contributed by atoms with E-state index < -0.39 is 0 Å². The monoisotopic (exact) mass is 361 g/mol. The van der Waals surface area contributed by atoms with Crippen molar-refractivity contribution in [2.45, 2.75) is 26.2 Å². The topological polar surface area (TPSA) is 55.6 Å². The zero-order valence-corrected chi connectivity index (χ0v) is 15.4. The van der Waals surface area contributed by atoms with Crippen molar-refractivity contribution >= 4 is 22.7 Å². The first-order valence-corrected chi connectivity index (χ1v) is 8.75. The van der Waals surface area contributed by atoms with Crippen molar-refractivity contribution in [2.75, 3.05) is 5.32 Å². The second-order valence-electron chi connectivity index (χ2n) is 7.43. The highest BCUT2D eigenvalue weighted by molar-refractivity contribution is 5.76. The molecule has 136 valence electrons. The van der Waals surface area contributed by atoms with Gasteiger partial charge in [0.25, 0.3) is 0 Å². The number of hydrogen-bond donors (Lipinski definition) is 1. The van der Waals surface area contributed by atoms with E-state index >= 15 is 0 Å². The molecule has 5 nitrogen and oxygen atoms in total. The van der Waals surface area contributed by atoms with Gasteiger partial charge in [0, 0.05) is 11.5 Å². The predicted octanol–water partition coefficient (Wildman–Crippen LogP) is 5.00. The summed E-state index contributed by atoms with van der Waals surface area (Å²) in [5, 5.41) is 7.97. The van der Waals surface area contributed by atoms with Crippen molar-refractivity contribution in [3.8, 4) is 5.69 Å². The molecule has 27 heavy (non-hydrogen) atoms. The van der Waals surface area contributed by atoms with Gasteiger partial charge in [-0.3, -0.25) is 4.98 Å². The molecule has 0 fully saturated rings. The molecule has 0 spiro atoms. The zero-order chi connectivity index (χ0) is 19.0. The molecule has 0 saturated carbocycles. The Balaban J connectivity index is 1.79. The maximum Gasteiger partial charge on any atom is 0.150 e. The number of fused-ring (bicyclic) bond motifs is 1. The Labute approximate surface area is 156 Å². The fraction of sp³-hybridized carbons (Fsp3) is 0.190. The van der Waals surface area contributed by atoms with Gasteiger partial charge in [-0.1, -0.05) is 39.0 Å². The van der Waals surface area contributed by atoms with Crippen LogP contribution < -0.4 is 5.32 Å². The lowest BCUT2D eigenvalue weighted by Gasteiger charge is -2.14. The van der Waals surface area contributed by atoms with Gasteiger partial charge in [-0.15, -0.1) is 0 Å². The van der Waals surface area contributed by atoms with E-state index in [0.29, 0.717) is 17.3 Å².